The van der Waals surface area contributed by atoms with Gasteiger partial charge in [-0.15, -0.1) is 0 Å². The molecule has 0 bridgehead atoms. The molecule has 2 heterocycles. The second-order valence-electron chi connectivity index (χ2n) is 6.96. The van der Waals surface area contributed by atoms with Gasteiger partial charge in [0.2, 0.25) is 0 Å². The van der Waals surface area contributed by atoms with E-state index in [2.05, 4.69) is 31.7 Å². The third-order valence-electron chi connectivity index (χ3n) is 4.78. The topological polar surface area (TPSA) is 47.1 Å². The molecule has 0 spiro atoms. The van der Waals surface area contributed by atoms with Crippen molar-refractivity contribution in [2.45, 2.75) is 20.4 Å². The maximum absolute atomic E-state index is 13.2. The molecule has 0 atom stereocenters. The van der Waals surface area contributed by atoms with Crippen LogP contribution in [0.3, 0.4) is 0 Å². The summed E-state index contributed by atoms with van der Waals surface area (Å²) in [4.78, 5) is 6.68. The maximum Gasteiger partial charge on any atom is 0.141 e. The van der Waals surface area contributed by atoms with E-state index < -0.39 is 0 Å². The average Bonchev–Trinajstić information content (AvgIpc) is 3.19. The molecule has 0 saturated carbocycles. The Hall–Kier alpha value is -3.15. The Morgan fingerprint density at radius 3 is 2.48 bits per heavy atom. The number of rotatable bonds is 4. The molecule has 0 fully saturated rings. The van der Waals surface area contributed by atoms with Crippen LogP contribution in [0.4, 0.5) is 10.1 Å². The van der Waals surface area contributed by atoms with Gasteiger partial charge in [-0.05, 0) is 49.2 Å². The third-order valence-corrected chi connectivity index (χ3v) is 4.78. The number of nitrogens with zero attached hydrogens (tertiary/aromatic N) is 4. The number of hydrogen-bond acceptors (Lipinski definition) is 4. The molecular weight excluding hydrogens is 343 g/mol. The van der Waals surface area contributed by atoms with Crippen molar-refractivity contribution in [1.29, 1.82) is 0 Å². The standard InChI is InChI=1S/C21H21FN4O/c1-13-20(14(2)27-24-13)16-9-18(25(3)4)21-19(10-16)26(12-23-21)11-15-5-7-17(22)8-6-15/h5-10,12H,11H2,1-4H3. The molecule has 138 valence electrons. The van der Waals surface area contributed by atoms with Crippen molar-refractivity contribution in [2.75, 3.05) is 19.0 Å². The Labute approximate surface area is 157 Å². The molecule has 4 aromatic rings. The molecule has 5 nitrogen and oxygen atoms in total. The lowest BCUT2D eigenvalue weighted by Crippen LogP contribution is -2.09. The molecule has 6 heteroatoms. The Morgan fingerprint density at radius 1 is 1.11 bits per heavy atom. The first kappa shape index (κ1) is 17.3. The number of fused-ring (bicyclic) bond motifs is 1. The largest absolute Gasteiger partial charge is 0.376 e. The molecule has 4 rings (SSSR count). The SMILES string of the molecule is Cc1noc(C)c1-c1cc(N(C)C)c2ncn(Cc3ccc(F)cc3)c2c1. The fourth-order valence-corrected chi connectivity index (χ4v) is 3.44. The van der Waals surface area contributed by atoms with Crippen molar-refractivity contribution in [2.24, 2.45) is 0 Å². The van der Waals surface area contributed by atoms with Crippen molar-refractivity contribution in [1.82, 2.24) is 14.7 Å². The Morgan fingerprint density at radius 2 is 1.85 bits per heavy atom. The molecule has 0 unspecified atom stereocenters. The first-order valence-corrected chi connectivity index (χ1v) is 8.78. The van der Waals surface area contributed by atoms with Gasteiger partial charge in [-0.3, -0.25) is 0 Å². The fourth-order valence-electron chi connectivity index (χ4n) is 3.44. The normalized spacial score (nSPS) is 11.3. The zero-order valence-electron chi connectivity index (χ0n) is 15.8. The summed E-state index contributed by atoms with van der Waals surface area (Å²) in [5.74, 6) is 0.561. The van der Waals surface area contributed by atoms with Crippen molar-refractivity contribution in [3.63, 3.8) is 0 Å². The first-order chi connectivity index (χ1) is 12.9. The molecule has 0 N–H and O–H groups in total. The maximum atomic E-state index is 13.2. The summed E-state index contributed by atoms with van der Waals surface area (Å²) in [6.07, 6.45) is 1.83. The Bertz CT molecular complexity index is 1090. The Kier molecular flexibility index (Phi) is 4.18. The quantitative estimate of drug-likeness (QED) is 0.532. The fraction of sp³-hybridized carbons (Fsp3) is 0.238. The monoisotopic (exact) mass is 364 g/mol. The predicted molar refractivity (Wildman–Crippen MR) is 105 cm³/mol. The van der Waals surface area contributed by atoms with Crippen LogP contribution in [0.5, 0.6) is 0 Å². The molecule has 0 saturated heterocycles. The number of hydrogen-bond donors (Lipinski definition) is 0. The lowest BCUT2D eigenvalue weighted by atomic mass is 10.0. The van der Waals surface area contributed by atoms with Crippen LogP contribution in [0.1, 0.15) is 17.0 Å². The predicted octanol–water partition coefficient (Wildman–Crippen LogP) is 4.56. The Balaban J connectivity index is 1.88. The highest BCUT2D eigenvalue weighted by Gasteiger charge is 2.17. The third kappa shape index (κ3) is 3.07. The number of imidazole rings is 1. The number of aryl methyl sites for hydroxylation is 2. The van der Waals surface area contributed by atoms with Gasteiger partial charge < -0.3 is 14.0 Å². The summed E-state index contributed by atoms with van der Waals surface area (Å²) in [6.45, 7) is 4.49. The molecule has 2 aromatic heterocycles. The van der Waals surface area contributed by atoms with E-state index in [-0.39, 0.29) is 5.82 Å². The first-order valence-electron chi connectivity index (χ1n) is 8.78. The number of halogens is 1. The zero-order valence-corrected chi connectivity index (χ0v) is 15.8. The van der Waals surface area contributed by atoms with Gasteiger partial charge in [0, 0.05) is 26.2 Å². The van der Waals surface area contributed by atoms with E-state index in [9.17, 15) is 4.39 Å². The summed E-state index contributed by atoms with van der Waals surface area (Å²) >= 11 is 0. The van der Waals surface area contributed by atoms with E-state index in [4.69, 9.17) is 4.52 Å². The van der Waals surface area contributed by atoms with Crippen LogP contribution in [-0.4, -0.2) is 28.8 Å². The molecule has 0 aliphatic heterocycles. The minimum atomic E-state index is -0.232. The van der Waals surface area contributed by atoms with E-state index in [1.807, 2.05) is 34.3 Å². The van der Waals surface area contributed by atoms with Crippen LogP contribution in [-0.2, 0) is 6.54 Å². The van der Waals surface area contributed by atoms with Gasteiger partial charge in [-0.25, -0.2) is 9.37 Å². The van der Waals surface area contributed by atoms with Crippen molar-refractivity contribution in [3.05, 3.63) is 65.6 Å². The summed E-state index contributed by atoms with van der Waals surface area (Å²) in [5, 5.41) is 4.09. The summed E-state index contributed by atoms with van der Waals surface area (Å²) in [6, 6.07) is 10.8. The highest BCUT2D eigenvalue weighted by atomic mass is 19.1. The zero-order chi connectivity index (χ0) is 19.1. The highest BCUT2D eigenvalue weighted by molar-refractivity contribution is 5.94. The summed E-state index contributed by atoms with van der Waals surface area (Å²) < 4.78 is 20.6. The van der Waals surface area contributed by atoms with Gasteiger partial charge in [-0.1, -0.05) is 17.3 Å². The summed E-state index contributed by atoms with van der Waals surface area (Å²) in [5.41, 5.74) is 6.90. The minimum absolute atomic E-state index is 0.232. The van der Waals surface area contributed by atoms with Crippen LogP contribution < -0.4 is 4.90 Å². The van der Waals surface area contributed by atoms with Crippen molar-refractivity contribution >= 4 is 16.7 Å². The van der Waals surface area contributed by atoms with Crippen LogP contribution in [0.2, 0.25) is 0 Å². The highest BCUT2D eigenvalue weighted by Crippen LogP contribution is 2.35. The molecule has 27 heavy (non-hydrogen) atoms. The van der Waals surface area contributed by atoms with Gasteiger partial charge in [0.15, 0.2) is 0 Å². The van der Waals surface area contributed by atoms with Gasteiger partial charge in [0.1, 0.15) is 17.1 Å². The van der Waals surface area contributed by atoms with Gasteiger partial charge in [-0.2, -0.15) is 0 Å². The van der Waals surface area contributed by atoms with Gasteiger partial charge >= 0.3 is 0 Å². The number of aromatic nitrogens is 3. The molecule has 2 aromatic carbocycles. The van der Waals surface area contributed by atoms with Gasteiger partial charge in [0.05, 0.1) is 23.2 Å². The van der Waals surface area contributed by atoms with Crippen LogP contribution in [0.25, 0.3) is 22.2 Å². The minimum Gasteiger partial charge on any atom is -0.376 e. The lowest BCUT2D eigenvalue weighted by Gasteiger charge is -2.16. The van der Waals surface area contributed by atoms with Gasteiger partial charge in [0.25, 0.3) is 0 Å². The van der Waals surface area contributed by atoms with E-state index in [0.29, 0.717) is 6.54 Å². The van der Waals surface area contributed by atoms with E-state index in [0.717, 1.165) is 44.9 Å². The van der Waals surface area contributed by atoms with Crippen LogP contribution in [0, 0.1) is 19.7 Å². The molecule has 0 aliphatic rings. The summed E-state index contributed by atoms with van der Waals surface area (Å²) in [7, 11) is 4.01. The second-order valence-corrected chi connectivity index (χ2v) is 6.96. The molecule has 0 radical (unpaired) electrons. The van der Waals surface area contributed by atoms with E-state index >= 15 is 0 Å². The van der Waals surface area contributed by atoms with Crippen LogP contribution in [0.15, 0.2) is 47.2 Å². The lowest BCUT2D eigenvalue weighted by molar-refractivity contribution is 0.393. The van der Waals surface area contributed by atoms with Crippen molar-refractivity contribution < 1.29 is 8.91 Å². The average molecular weight is 364 g/mol. The number of anilines is 1. The van der Waals surface area contributed by atoms with E-state index in [1.165, 1.54) is 12.1 Å². The molecule has 0 aliphatic carbocycles. The molecular formula is C21H21FN4O. The smallest absolute Gasteiger partial charge is 0.141 e. The van der Waals surface area contributed by atoms with Crippen LogP contribution >= 0.6 is 0 Å². The van der Waals surface area contributed by atoms with Crippen molar-refractivity contribution in [3.8, 4) is 11.1 Å². The molecule has 0 amide bonds. The number of benzene rings is 2. The second kappa shape index (κ2) is 6.54. The van der Waals surface area contributed by atoms with E-state index in [1.54, 1.807) is 12.1 Å².